The van der Waals surface area contributed by atoms with Crippen LogP contribution in [0.3, 0.4) is 0 Å². The number of ether oxygens (including phenoxy) is 1. The number of halogens is 1. The number of hydrogen-bond acceptors (Lipinski definition) is 3. The number of aryl methyl sites for hydroxylation is 1. The molecule has 0 aliphatic heterocycles. The molecule has 0 radical (unpaired) electrons. The fourth-order valence-electron chi connectivity index (χ4n) is 1.66. The number of carbonyl (C=O) groups excluding carboxylic acids is 1. The normalized spacial score (nSPS) is 10.2. The minimum absolute atomic E-state index is 0.0380. The van der Waals surface area contributed by atoms with Gasteiger partial charge in [-0.2, -0.15) is 0 Å². The summed E-state index contributed by atoms with van der Waals surface area (Å²) in [6.07, 6.45) is 3.27. The Balaban J connectivity index is 2.41. The summed E-state index contributed by atoms with van der Waals surface area (Å²) < 4.78 is 5.90. The Morgan fingerprint density at radius 1 is 1.33 bits per heavy atom. The number of hydrogen-bond donors (Lipinski definition) is 0. The molecule has 0 N–H and O–H groups in total. The van der Waals surface area contributed by atoms with Gasteiger partial charge in [0, 0.05) is 23.5 Å². The third-order valence-electron chi connectivity index (χ3n) is 2.70. The quantitative estimate of drug-likeness (QED) is 0.816. The first-order valence-electron chi connectivity index (χ1n) is 5.42. The van der Waals surface area contributed by atoms with E-state index in [0.29, 0.717) is 16.9 Å². The van der Waals surface area contributed by atoms with Gasteiger partial charge in [-0.3, -0.25) is 9.78 Å². The van der Waals surface area contributed by atoms with Gasteiger partial charge in [0.25, 0.3) is 0 Å². The molecule has 0 saturated carbocycles. The number of ketones is 1. The van der Waals surface area contributed by atoms with Crippen LogP contribution in [0.5, 0.6) is 5.75 Å². The lowest BCUT2D eigenvalue weighted by molar-refractivity contribution is 0.103. The zero-order chi connectivity index (χ0) is 13.1. The fourth-order valence-corrected chi connectivity index (χ4v) is 2.21. The summed E-state index contributed by atoms with van der Waals surface area (Å²) in [6, 6.07) is 7.10. The van der Waals surface area contributed by atoms with Crippen molar-refractivity contribution >= 4 is 21.7 Å². The molecule has 0 aliphatic carbocycles. The summed E-state index contributed by atoms with van der Waals surface area (Å²) in [4.78, 5) is 16.3. The van der Waals surface area contributed by atoms with Crippen LogP contribution in [-0.4, -0.2) is 17.9 Å². The molecule has 0 bridgehead atoms. The van der Waals surface area contributed by atoms with Crippen molar-refractivity contribution in [3.8, 4) is 5.75 Å². The van der Waals surface area contributed by atoms with Crippen molar-refractivity contribution in [1.82, 2.24) is 4.98 Å². The summed E-state index contributed by atoms with van der Waals surface area (Å²) in [5.74, 6) is 0.665. The van der Waals surface area contributed by atoms with Crippen LogP contribution in [-0.2, 0) is 0 Å². The molecule has 0 aliphatic rings. The van der Waals surface area contributed by atoms with Crippen LogP contribution in [0.1, 0.15) is 21.5 Å². The molecular weight excluding hydrogens is 294 g/mol. The van der Waals surface area contributed by atoms with E-state index < -0.39 is 0 Å². The largest absolute Gasteiger partial charge is 0.496 e. The van der Waals surface area contributed by atoms with Crippen molar-refractivity contribution in [2.24, 2.45) is 0 Å². The molecular formula is C14H12BrNO2. The third-order valence-corrected chi connectivity index (χ3v) is 3.32. The second-order valence-electron chi connectivity index (χ2n) is 3.87. The van der Waals surface area contributed by atoms with E-state index in [1.54, 1.807) is 37.7 Å². The molecule has 0 unspecified atom stereocenters. The topological polar surface area (TPSA) is 39.2 Å². The summed E-state index contributed by atoms with van der Waals surface area (Å²) in [5.41, 5.74) is 2.15. The van der Waals surface area contributed by atoms with Gasteiger partial charge >= 0.3 is 0 Å². The molecule has 1 heterocycles. The van der Waals surface area contributed by atoms with Gasteiger partial charge in [-0.25, -0.2) is 0 Å². The molecule has 1 aromatic heterocycles. The highest BCUT2D eigenvalue weighted by molar-refractivity contribution is 9.10. The van der Waals surface area contributed by atoms with Crippen molar-refractivity contribution < 1.29 is 9.53 Å². The predicted octanol–water partition coefficient (Wildman–Crippen LogP) is 3.39. The maximum absolute atomic E-state index is 12.3. The van der Waals surface area contributed by atoms with Crippen molar-refractivity contribution in [3.63, 3.8) is 0 Å². The van der Waals surface area contributed by atoms with Crippen molar-refractivity contribution in [2.75, 3.05) is 7.11 Å². The van der Waals surface area contributed by atoms with Gasteiger partial charge in [0.1, 0.15) is 5.75 Å². The molecule has 18 heavy (non-hydrogen) atoms. The highest BCUT2D eigenvalue weighted by Crippen LogP contribution is 2.26. The van der Waals surface area contributed by atoms with Crippen molar-refractivity contribution in [2.45, 2.75) is 6.92 Å². The van der Waals surface area contributed by atoms with Gasteiger partial charge < -0.3 is 4.74 Å². The number of carbonyl (C=O) groups is 1. The average molecular weight is 306 g/mol. The number of benzene rings is 1. The summed E-state index contributed by atoms with van der Waals surface area (Å²) in [6.45, 7) is 1.90. The van der Waals surface area contributed by atoms with Gasteiger partial charge in [0.2, 0.25) is 0 Å². The smallest absolute Gasteiger partial charge is 0.194 e. The number of nitrogens with zero attached hydrogens (tertiary/aromatic N) is 1. The first-order valence-corrected chi connectivity index (χ1v) is 6.21. The molecule has 0 saturated heterocycles. The average Bonchev–Trinajstić information content (AvgIpc) is 2.38. The monoisotopic (exact) mass is 305 g/mol. The van der Waals surface area contributed by atoms with Gasteiger partial charge in [-0.1, -0.05) is 0 Å². The Labute approximate surface area is 114 Å². The van der Waals surface area contributed by atoms with Crippen molar-refractivity contribution in [1.29, 1.82) is 0 Å². The van der Waals surface area contributed by atoms with Gasteiger partial charge in [-0.05, 0) is 52.7 Å². The SMILES string of the molecule is COc1ccc(C(=O)c2cnccc2C)cc1Br. The standard InChI is InChI=1S/C14H12BrNO2/c1-9-5-6-16-8-11(9)14(17)10-3-4-13(18-2)12(15)7-10/h3-8H,1-2H3. The highest BCUT2D eigenvalue weighted by Gasteiger charge is 2.13. The fraction of sp³-hybridized carbons (Fsp3) is 0.143. The lowest BCUT2D eigenvalue weighted by atomic mass is 10.0. The molecule has 0 amide bonds. The van der Waals surface area contributed by atoms with Crippen LogP contribution in [0.25, 0.3) is 0 Å². The Morgan fingerprint density at radius 3 is 2.72 bits per heavy atom. The van der Waals surface area contributed by atoms with E-state index in [4.69, 9.17) is 4.74 Å². The highest BCUT2D eigenvalue weighted by atomic mass is 79.9. The van der Waals surface area contributed by atoms with E-state index in [2.05, 4.69) is 20.9 Å². The second kappa shape index (κ2) is 5.31. The van der Waals surface area contributed by atoms with Crippen LogP contribution >= 0.6 is 15.9 Å². The lowest BCUT2D eigenvalue weighted by Crippen LogP contribution is -2.04. The van der Waals surface area contributed by atoms with Crippen LogP contribution < -0.4 is 4.74 Å². The number of rotatable bonds is 3. The molecule has 0 fully saturated rings. The Morgan fingerprint density at radius 2 is 2.11 bits per heavy atom. The Kier molecular flexibility index (Phi) is 3.77. The van der Waals surface area contributed by atoms with Crippen LogP contribution in [0, 0.1) is 6.92 Å². The zero-order valence-electron chi connectivity index (χ0n) is 10.1. The summed E-state index contributed by atoms with van der Waals surface area (Å²) in [7, 11) is 1.59. The lowest BCUT2D eigenvalue weighted by Gasteiger charge is -2.07. The maximum atomic E-state index is 12.3. The van der Waals surface area contributed by atoms with Gasteiger partial charge in [-0.15, -0.1) is 0 Å². The Hall–Kier alpha value is -1.68. The molecule has 4 heteroatoms. The first-order chi connectivity index (χ1) is 8.63. The molecule has 2 rings (SSSR count). The minimum atomic E-state index is -0.0380. The molecule has 0 spiro atoms. The zero-order valence-corrected chi connectivity index (χ0v) is 11.7. The number of pyridine rings is 1. The van der Waals surface area contributed by atoms with Gasteiger partial charge in [0.05, 0.1) is 11.6 Å². The first kappa shape index (κ1) is 12.8. The molecule has 2 aromatic rings. The van der Waals surface area contributed by atoms with E-state index in [-0.39, 0.29) is 5.78 Å². The van der Waals surface area contributed by atoms with Crippen LogP contribution in [0.2, 0.25) is 0 Å². The molecule has 92 valence electrons. The number of aromatic nitrogens is 1. The Bertz CT molecular complexity index is 596. The minimum Gasteiger partial charge on any atom is -0.496 e. The molecule has 1 aromatic carbocycles. The summed E-state index contributed by atoms with van der Waals surface area (Å²) in [5, 5.41) is 0. The maximum Gasteiger partial charge on any atom is 0.194 e. The van der Waals surface area contributed by atoms with E-state index >= 15 is 0 Å². The molecule has 3 nitrogen and oxygen atoms in total. The van der Waals surface area contributed by atoms with Gasteiger partial charge in [0.15, 0.2) is 5.78 Å². The van der Waals surface area contributed by atoms with Crippen molar-refractivity contribution in [3.05, 3.63) is 57.8 Å². The van der Waals surface area contributed by atoms with E-state index in [0.717, 1.165) is 10.0 Å². The molecule has 0 atom stereocenters. The number of methoxy groups -OCH3 is 1. The van der Waals surface area contributed by atoms with E-state index in [1.807, 2.05) is 13.0 Å². The predicted molar refractivity (Wildman–Crippen MR) is 73.1 cm³/mol. The third kappa shape index (κ3) is 2.43. The van der Waals surface area contributed by atoms with Crippen LogP contribution in [0.4, 0.5) is 0 Å². The van der Waals surface area contributed by atoms with E-state index in [1.165, 1.54) is 0 Å². The van der Waals surface area contributed by atoms with E-state index in [9.17, 15) is 4.79 Å². The van der Waals surface area contributed by atoms with Crippen LogP contribution in [0.15, 0.2) is 41.1 Å². The summed E-state index contributed by atoms with van der Waals surface area (Å²) >= 11 is 3.37. The second-order valence-corrected chi connectivity index (χ2v) is 4.72.